The van der Waals surface area contributed by atoms with E-state index < -0.39 is 0 Å². The summed E-state index contributed by atoms with van der Waals surface area (Å²) in [5.41, 5.74) is 1.81. The summed E-state index contributed by atoms with van der Waals surface area (Å²) >= 11 is 0. The molecule has 1 N–H and O–H groups in total. The molecule has 0 aliphatic carbocycles. The van der Waals surface area contributed by atoms with Crippen LogP contribution < -0.4 is 19.7 Å². The zero-order chi connectivity index (χ0) is 24.8. The minimum Gasteiger partial charge on any atom is -0.493 e. The molecule has 4 rings (SSSR count). The maximum atomic E-state index is 13.1. The highest BCUT2D eigenvalue weighted by molar-refractivity contribution is 6.20. The second-order valence-corrected chi connectivity index (χ2v) is 8.39. The second kappa shape index (κ2) is 11.3. The zero-order valence-electron chi connectivity index (χ0n) is 20.1. The average molecular weight is 482 g/mol. The molecule has 1 unspecified atom stereocenters. The van der Waals surface area contributed by atoms with Crippen LogP contribution in [0.3, 0.4) is 0 Å². The Labute approximate surface area is 204 Å². The van der Waals surface area contributed by atoms with Gasteiger partial charge < -0.3 is 19.5 Å². The third kappa shape index (κ3) is 5.63. The molecule has 1 atom stereocenters. The Morgan fingerprint density at radius 1 is 1.06 bits per heavy atom. The number of imide groups is 1. The van der Waals surface area contributed by atoms with Crippen molar-refractivity contribution < 1.29 is 28.6 Å². The Morgan fingerprint density at radius 2 is 1.80 bits per heavy atom. The summed E-state index contributed by atoms with van der Waals surface area (Å²) in [5.74, 6) is 0.545. The number of amides is 3. The van der Waals surface area contributed by atoms with Gasteiger partial charge in [-0.05, 0) is 42.8 Å². The standard InChI is InChI=1S/C26H31N3O6/c1-3-35-22-8-7-18(16-23(22)33-2)21(28-11-13-34-14-12-28)17-27-26(32)19-5-4-6-20(15-19)29-24(30)9-10-25(29)31/h4-8,15-16,21H,3,9-14,17H2,1-2H3,(H,27,32). The van der Waals surface area contributed by atoms with Crippen molar-refractivity contribution in [3.8, 4) is 11.5 Å². The molecular formula is C26H31N3O6. The van der Waals surface area contributed by atoms with E-state index in [9.17, 15) is 14.4 Å². The van der Waals surface area contributed by atoms with Crippen LogP contribution >= 0.6 is 0 Å². The van der Waals surface area contributed by atoms with Gasteiger partial charge in [0, 0.05) is 38.0 Å². The highest BCUT2D eigenvalue weighted by atomic mass is 16.5. The summed E-state index contributed by atoms with van der Waals surface area (Å²) < 4.78 is 16.7. The van der Waals surface area contributed by atoms with Gasteiger partial charge in [0.2, 0.25) is 11.8 Å². The summed E-state index contributed by atoms with van der Waals surface area (Å²) in [6.07, 6.45) is 0.393. The van der Waals surface area contributed by atoms with E-state index in [1.165, 1.54) is 0 Å². The third-order valence-electron chi connectivity index (χ3n) is 6.23. The van der Waals surface area contributed by atoms with Crippen molar-refractivity contribution in [2.24, 2.45) is 0 Å². The van der Waals surface area contributed by atoms with Crippen molar-refractivity contribution in [1.29, 1.82) is 0 Å². The van der Waals surface area contributed by atoms with Gasteiger partial charge in [0.05, 0.1) is 38.7 Å². The summed E-state index contributed by atoms with van der Waals surface area (Å²) in [6.45, 7) is 5.55. The predicted molar refractivity (Wildman–Crippen MR) is 130 cm³/mol. The Kier molecular flexibility index (Phi) is 7.99. The van der Waals surface area contributed by atoms with E-state index in [4.69, 9.17) is 14.2 Å². The summed E-state index contributed by atoms with van der Waals surface area (Å²) in [7, 11) is 1.61. The fourth-order valence-electron chi connectivity index (χ4n) is 4.46. The van der Waals surface area contributed by atoms with Crippen molar-refractivity contribution in [2.45, 2.75) is 25.8 Å². The molecular weight excluding hydrogens is 450 g/mol. The number of carbonyl (C=O) groups excluding carboxylic acids is 3. The fraction of sp³-hybridized carbons (Fsp3) is 0.423. The number of carbonyl (C=O) groups is 3. The minimum atomic E-state index is -0.276. The summed E-state index contributed by atoms with van der Waals surface area (Å²) in [4.78, 5) is 40.7. The lowest BCUT2D eigenvalue weighted by molar-refractivity contribution is -0.121. The lowest BCUT2D eigenvalue weighted by Gasteiger charge is -2.35. The number of nitrogens with one attached hydrogen (secondary N) is 1. The molecule has 0 saturated carbocycles. The molecule has 0 aromatic heterocycles. The first-order valence-corrected chi connectivity index (χ1v) is 11.9. The topological polar surface area (TPSA) is 97.4 Å². The summed E-state index contributed by atoms with van der Waals surface area (Å²) in [6, 6.07) is 12.3. The maximum Gasteiger partial charge on any atom is 0.251 e. The number of anilines is 1. The zero-order valence-corrected chi connectivity index (χ0v) is 20.1. The lowest BCUT2D eigenvalue weighted by atomic mass is 10.0. The Balaban J connectivity index is 1.52. The van der Waals surface area contributed by atoms with Crippen LogP contribution in [0.25, 0.3) is 0 Å². The number of morpholine rings is 1. The van der Waals surface area contributed by atoms with E-state index in [2.05, 4.69) is 10.2 Å². The number of ether oxygens (including phenoxy) is 3. The third-order valence-corrected chi connectivity index (χ3v) is 6.23. The van der Waals surface area contributed by atoms with Crippen molar-refractivity contribution in [2.75, 3.05) is 51.5 Å². The molecule has 9 nitrogen and oxygen atoms in total. The van der Waals surface area contributed by atoms with Crippen molar-refractivity contribution in [1.82, 2.24) is 10.2 Å². The number of nitrogens with zero attached hydrogens (tertiary/aromatic N) is 2. The Morgan fingerprint density at radius 3 is 2.49 bits per heavy atom. The Hall–Kier alpha value is -3.43. The van der Waals surface area contributed by atoms with Gasteiger partial charge in [-0.3, -0.25) is 24.2 Å². The molecule has 2 aliphatic rings. The van der Waals surface area contributed by atoms with Crippen LogP contribution in [0.15, 0.2) is 42.5 Å². The molecule has 9 heteroatoms. The van der Waals surface area contributed by atoms with Gasteiger partial charge >= 0.3 is 0 Å². The van der Waals surface area contributed by atoms with Crippen LogP contribution in [-0.4, -0.2) is 69.2 Å². The van der Waals surface area contributed by atoms with Gasteiger partial charge in [-0.2, -0.15) is 0 Å². The van der Waals surface area contributed by atoms with Crippen molar-refractivity contribution in [3.63, 3.8) is 0 Å². The van der Waals surface area contributed by atoms with Gasteiger partial charge in [-0.15, -0.1) is 0 Å². The van der Waals surface area contributed by atoms with E-state index in [0.717, 1.165) is 23.6 Å². The quantitative estimate of drug-likeness (QED) is 0.550. The van der Waals surface area contributed by atoms with Crippen LogP contribution in [0.5, 0.6) is 11.5 Å². The molecule has 2 fully saturated rings. The number of hydrogen-bond donors (Lipinski definition) is 1. The average Bonchev–Trinajstić information content (AvgIpc) is 3.23. The first-order chi connectivity index (χ1) is 17.0. The lowest BCUT2D eigenvalue weighted by Crippen LogP contribution is -2.43. The summed E-state index contributed by atoms with van der Waals surface area (Å²) in [5, 5.41) is 3.03. The van der Waals surface area contributed by atoms with E-state index in [1.54, 1.807) is 31.4 Å². The first-order valence-electron chi connectivity index (χ1n) is 11.9. The van der Waals surface area contributed by atoms with Crippen LogP contribution in [0.4, 0.5) is 5.69 Å². The fourth-order valence-corrected chi connectivity index (χ4v) is 4.46. The molecule has 2 aromatic rings. The van der Waals surface area contributed by atoms with Gasteiger partial charge in [-0.1, -0.05) is 12.1 Å². The highest BCUT2D eigenvalue weighted by Crippen LogP contribution is 2.32. The van der Waals surface area contributed by atoms with E-state index in [1.807, 2.05) is 25.1 Å². The van der Waals surface area contributed by atoms with Gasteiger partial charge in [-0.25, -0.2) is 0 Å². The van der Waals surface area contributed by atoms with Crippen LogP contribution in [0.2, 0.25) is 0 Å². The predicted octanol–water partition coefficient (Wildman–Crippen LogP) is 2.55. The van der Waals surface area contributed by atoms with Crippen LogP contribution in [-0.2, 0) is 14.3 Å². The molecule has 0 spiro atoms. The molecule has 35 heavy (non-hydrogen) atoms. The highest BCUT2D eigenvalue weighted by Gasteiger charge is 2.31. The SMILES string of the molecule is CCOc1ccc(C(CNC(=O)c2cccc(N3C(=O)CCC3=O)c2)N2CCOCC2)cc1OC. The number of benzene rings is 2. The molecule has 0 radical (unpaired) electrons. The van der Waals surface area contributed by atoms with Crippen LogP contribution in [0.1, 0.15) is 41.7 Å². The number of rotatable bonds is 9. The molecule has 2 aliphatic heterocycles. The molecule has 2 heterocycles. The Bertz CT molecular complexity index is 1070. The van der Waals surface area contributed by atoms with Gasteiger partial charge in [0.15, 0.2) is 11.5 Å². The van der Waals surface area contributed by atoms with Crippen molar-refractivity contribution in [3.05, 3.63) is 53.6 Å². The van der Waals surface area contributed by atoms with E-state index in [-0.39, 0.29) is 36.6 Å². The first kappa shape index (κ1) is 24.7. The molecule has 186 valence electrons. The second-order valence-electron chi connectivity index (χ2n) is 8.39. The molecule has 0 bridgehead atoms. The normalized spacial score (nSPS) is 17.4. The minimum absolute atomic E-state index is 0.0997. The monoisotopic (exact) mass is 481 g/mol. The molecule has 2 aromatic carbocycles. The van der Waals surface area contributed by atoms with Gasteiger partial charge in [0.25, 0.3) is 5.91 Å². The number of methoxy groups -OCH3 is 1. The van der Waals surface area contributed by atoms with E-state index >= 15 is 0 Å². The smallest absolute Gasteiger partial charge is 0.251 e. The van der Waals surface area contributed by atoms with Gasteiger partial charge in [0.1, 0.15) is 0 Å². The van der Waals surface area contributed by atoms with Crippen LogP contribution in [0, 0.1) is 0 Å². The number of hydrogen-bond acceptors (Lipinski definition) is 7. The van der Waals surface area contributed by atoms with E-state index in [0.29, 0.717) is 49.1 Å². The van der Waals surface area contributed by atoms with Crippen molar-refractivity contribution >= 4 is 23.4 Å². The largest absolute Gasteiger partial charge is 0.493 e. The molecule has 2 saturated heterocycles. The maximum absolute atomic E-state index is 13.1. The molecule has 3 amide bonds.